The van der Waals surface area contributed by atoms with Crippen molar-refractivity contribution in [2.75, 3.05) is 0 Å². The first-order valence-corrected chi connectivity index (χ1v) is 4.33. The Morgan fingerprint density at radius 2 is 2.07 bits per heavy atom. The van der Waals surface area contributed by atoms with Gasteiger partial charge in [0, 0.05) is 13.2 Å². The molecule has 0 saturated carbocycles. The number of hydrogen-bond acceptors (Lipinski definition) is 2. The van der Waals surface area contributed by atoms with Crippen molar-refractivity contribution in [2.45, 2.75) is 6.18 Å². The lowest BCUT2D eigenvalue weighted by atomic mass is 10.4. The van der Waals surface area contributed by atoms with Gasteiger partial charge < -0.3 is 4.57 Å². The van der Waals surface area contributed by atoms with Crippen molar-refractivity contribution in [3.05, 3.63) is 23.2 Å². The van der Waals surface area contributed by atoms with Gasteiger partial charge in [-0.15, -0.1) is 0 Å². The number of rotatable bonds is 0. The van der Waals surface area contributed by atoms with E-state index < -0.39 is 12.0 Å². The van der Waals surface area contributed by atoms with Crippen LogP contribution < -0.4 is 0 Å². The van der Waals surface area contributed by atoms with Gasteiger partial charge in [0.2, 0.25) is 5.82 Å². The second-order valence-electron chi connectivity index (χ2n) is 2.96. The van der Waals surface area contributed by atoms with Crippen LogP contribution in [0.2, 0.25) is 5.15 Å². The lowest BCUT2D eigenvalue weighted by molar-refractivity contribution is -0.146. The molecule has 2 heterocycles. The minimum Gasteiger partial charge on any atom is -0.323 e. The second kappa shape index (κ2) is 3.10. The van der Waals surface area contributed by atoms with E-state index in [9.17, 15) is 13.2 Å². The number of nitrogens with zero attached hydrogens (tertiary/aromatic N) is 3. The minimum atomic E-state index is -4.49. The summed E-state index contributed by atoms with van der Waals surface area (Å²) in [5.41, 5.74) is 0.372. The molecule has 0 N–H and O–H groups in total. The van der Waals surface area contributed by atoms with Crippen LogP contribution in [0.15, 0.2) is 12.3 Å². The summed E-state index contributed by atoms with van der Waals surface area (Å²) < 4.78 is 38.4. The summed E-state index contributed by atoms with van der Waals surface area (Å²) in [5, 5.41) is -0.0291. The molecule has 3 nitrogen and oxygen atoms in total. The number of imidazole rings is 1. The Bertz CT molecular complexity index is 518. The van der Waals surface area contributed by atoms with E-state index in [1.165, 1.54) is 19.3 Å². The van der Waals surface area contributed by atoms with E-state index >= 15 is 0 Å². The van der Waals surface area contributed by atoms with Gasteiger partial charge in [0.25, 0.3) is 0 Å². The molecule has 0 unspecified atom stereocenters. The standard InChI is InChI=1S/C8H5ClF3N3/c1-15-4-2-3-13-6(9)5(4)14-7(15)8(10,11)12/h2-3H,1H3. The van der Waals surface area contributed by atoms with Gasteiger partial charge in [-0.3, -0.25) is 0 Å². The average Bonchev–Trinajstić information content (AvgIpc) is 2.45. The summed E-state index contributed by atoms with van der Waals surface area (Å²) in [6, 6.07) is 1.43. The Balaban J connectivity index is 2.81. The predicted molar refractivity (Wildman–Crippen MR) is 48.5 cm³/mol. The van der Waals surface area contributed by atoms with Crippen LogP contribution in [-0.2, 0) is 13.2 Å². The van der Waals surface area contributed by atoms with E-state index in [1.54, 1.807) is 0 Å². The maximum atomic E-state index is 12.5. The first-order valence-electron chi connectivity index (χ1n) is 3.95. The molecule has 0 aliphatic carbocycles. The van der Waals surface area contributed by atoms with Crippen molar-refractivity contribution in [2.24, 2.45) is 7.05 Å². The highest BCUT2D eigenvalue weighted by molar-refractivity contribution is 6.33. The van der Waals surface area contributed by atoms with Crippen molar-refractivity contribution >= 4 is 22.6 Å². The molecule has 80 valence electrons. The Morgan fingerprint density at radius 1 is 1.40 bits per heavy atom. The number of pyridine rings is 1. The molecule has 15 heavy (non-hydrogen) atoms. The van der Waals surface area contributed by atoms with E-state index in [0.717, 1.165) is 4.57 Å². The van der Waals surface area contributed by atoms with Crippen LogP contribution in [0.25, 0.3) is 11.0 Å². The maximum absolute atomic E-state index is 12.5. The number of aromatic nitrogens is 3. The van der Waals surface area contributed by atoms with E-state index in [-0.39, 0.29) is 10.7 Å². The van der Waals surface area contributed by atoms with E-state index in [0.29, 0.717) is 5.52 Å². The fourth-order valence-corrected chi connectivity index (χ4v) is 1.54. The first kappa shape index (κ1) is 10.2. The summed E-state index contributed by atoms with van der Waals surface area (Å²) in [7, 11) is 1.29. The summed E-state index contributed by atoms with van der Waals surface area (Å²) in [5.74, 6) is -0.979. The van der Waals surface area contributed by atoms with Crippen molar-refractivity contribution in [3.8, 4) is 0 Å². The molecule has 0 saturated heterocycles. The van der Waals surface area contributed by atoms with Crippen molar-refractivity contribution in [3.63, 3.8) is 0 Å². The van der Waals surface area contributed by atoms with Gasteiger partial charge in [0.15, 0.2) is 5.15 Å². The van der Waals surface area contributed by atoms with Crippen molar-refractivity contribution in [1.29, 1.82) is 0 Å². The molecular formula is C8H5ClF3N3. The molecule has 0 amide bonds. The zero-order chi connectivity index (χ0) is 11.2. The van der Waals surface area contributed by atoms with Crippen LogP contribution in [0.5, 0.6) is 0 Å². The Kier molecular flexibility index (Phi) is 2.11. The summed E-state index contributed by atoms with van der Waals surface area (Å²) in [4.78, 5) is 7.09. The molecule has 0 aliphatic rings. The van der Waals surface area contributed by atoms with Gasteiger partial charge in [-0.05, 0) is 6.07 Å². The molecule has 2 rings (SSSR count). The van der Waals surface area contributed by atoms with Crippen LogP contribution >= 0.6 is 11.6 Å². The fraction of sp³-hybridized carbons (Fsp3) is 0.250. The third kappa shape index (κ3) is 1.54. The lowest BCUT2D eigenvalue weighted by Crippen LogP contribution is -2.12. The molecule has 0 bridgehead atoms. The van der Waals surface area contributed by atoms with E-state index in [4.69, 9.17) is 11.6 Å². The minimum absolute atomic E-state index is 0.0291. The Morgan fingerprint density at radius 3 is 2.60 bits per heavy atom. The van der Waals surface area contributed by atoms with Gasteiger partial charge in [0.1, 0.15) is 5.52 Å². The smallest absolute Gasteiger partial charge is 0.323 e. The van der Waals surface area contributed by atoms with Gasteiger partial charge in [0.05, 0.1) is 5.52 Å². The third-order valence-corrected chi connectivity index (χ3v) is 2.29. The highest BCUT2D eigenvalue weighted by Crippen LogP contribution is 2.31. The van der Waals surface area contributed by atoms with Gasteiger partial charge in [-0.2, -0.15) is 13.2 Å². The summed E-state index contributed by atoms with van der Waals surface area (Å²) in [6.07, 6.45) is -3.15. The highest BCUT2D eigenvalue weighted by atomic mass is 35.5. The third-order valence-electron chi connectivity index (χ3n) is 2.01. The lowest BCUT2D eigenvalue weighted by Gasteiger charge is -2.05. The monoisotopic (exact) mass is 235 g/mol. The van der Waals surface area contributed by atoms with E-state index in [2.05, 4.69) is 9.97 Å². The predicted octanol–water partition coefficient (Wildman–Crippen LogP) is 2.64. The van der Waals surface area contributed by atoms with Crippen LogP contribution in [0.3, 0.4) is 0 Å². The topological polar surface area (TPSA) is 30.7 Å². The van der Waals surface area contributed by atoms with Crippen molar-refractivity contribution < 1.29 is 13.2 Å². The first-order chi connectivity index (χ1) is 6.91. The Labute approximate surface area is 87.5 Å². The molecule has 0 fully saturated rings. The summed E-state index contributed by atoms with van der Waals surface area (Å²) in [6.45, 7) is 0. The van der Waals surface area contributed by atoms with Gasteiger partial charge in [-0.1, -0.05) is 11.6 Å². The van der Waals surface area contributed by atoms with Gasteiger partial charge >= 0.3 is 6.18 Å². The zero-order valence-corrected chi connectivity index (χ0v) is 8.26. The normalized spacial score (nSPS) is 12.3. The molecular weight excluding hydrogens is 231 g/mol. The highest BCUT2D eigenvalue weighted by Gasteiger charge is 2.37. The Hall–Kier alpha value is -1.30. The van der Waals surface area contributed by atoms with Crippen molar-refractivity contribution in [1.82, 2.24) is 14.5 Å². The number of fused-ring (bicyclic) bond motifs is 1. The fourth-order valence-electron chi connectivity index (χ4n) is 1.34. The number of halogens is 4. The number of alkyl halides is 3. The molecule has 2 aromatic heterocycles. The summed E-state index contributed by atoms with van der Waals surface area (Å²) >= 11 is 5.64. The largest absolute Gasteiger partial charge is 0.449 e. The van der Waals surface area contributed by atoms with Gasteiger partial charge in [-0.25, -0.2) is 9.97 Å². The molecule has 0 aromatic carbocycles. The SMILES string of the molecule is Cn1c(C(F)(F)F)nc2c(Cl)nccc21. The molecule has 0 spiro atoms. The molecule has 0 atom stereocenters. The zero-order valence-electron chi connectivity index (χ0n) is 7.51. The molecule has 2 aromatic rings. The molecule has 7 heteroatoms. The second-order valence-corrected chi connectivity index (χ2v) is 3.32. The molecule has 0 aliphatic heterocycles. The number of aryl methyl sites for hydroxylation is 1. The van der Waals surface area contributed by atoms with Crippen LogP contribution in [0.4, 0.5) is 13.2 Å². The van der Waals surface area contributed by atoms with Crippen LogP contribution in [0, 0.1) is 0 Å². The maximum Gasteiger partial charge on any atom is 0.449 e. The van der Waals surface area contributed by atoms with Crippen LogP contribution in [-0.4, -0.2) is 14.5 Å². The van der Waals surface area contributed by atoms with Crippen LogP contribution in [0.1, 0.15) is 5.82 Å². The van der Waals surface area contributed by atoms with E-state index in [1.807, 2.05) is 0 Å². The average molecular weight is 236 g/mol. The number of hydrogen-bond donors (Lipinski definition) is 0. The quantitative estimate of drug-likeness (QED) is 0.657. The molecule has 0 radical (unpaired) electrons.